The Morgan fingerprint density at radius 2 is 1.64 bits per heavy atom. The molecule has 0 bridgehead atoms. The molecule has 1 N–H and O–H groups in total. The fourth-order valence-electron chi connectivity index (χ4n) is 1.08. The van der Waals surface area contributed by atoms with Crippen LogP contribution in [0, 0.1) is 5.41 Å². The van der Waals surface area contributed by atoms with Crippen molar-refractivity contribution in [3.8, 4) is 0 Å². The van der Waals surface area contributed by atoms with E-state index in [4.69, 9.17) is 0 Å². The SMILES string of the molecule is CCC(CC)(CBr)NC(=O)C(C)(C)C. The standard InChI is InChI=1S/C11H22BrNO/c1-6-11(7-2,8-12)13-9(14)10(3,4)5/h6-8H2,1-5H3,(H,13,14). The molecule has 0 unspecified atom stereocenters. The smallest absolute Gasteiger partial charge is 0.225 e. The summed E-state index contributed by atoms with van der Waals surface area (Å²) in [6.07, 6.45) is 1.91. The predicted molar refractivity (Wildman–Crippen MR) is 64.7 cm³/mol. The van der Waals surface area contributed by atoms with Crippen LogP contribution in [0.3, 0.4) is 0 Å². The molecule has 0 aromatic heterocycles. The first kappa shape index (κ1) is 13.9. The molecule has 0 atom stereocenters. The van der Waals surface area contributed by atoms with Gasteiger partial charge in [0.1, 0.15) is 0 Å². The molecule has 0 aromatic rings. The van der Waals surface area contributed by atoms with E-state index < -0.39 is 0 Å². The number of hydrogen-bond donors (Lipinski definition) is 1. The van der Waals surface area contributed by atoms with E-state index in [0.717, 1.165) is 18.2 Å². The number of carbonyl (C=O) groups excluding carboxylic acids is 1. The highest BCUT2D eigenvalue weighted by Crippen LogP contribution is 2.21. The first-order chi connectivity index (χ1) is 6.31. The lowest BCUT2D eigenvalue weighted by molar-refractivity contribution is -0.130. The summed E-state index contributed by atoms with van der Waals surface area (Å²) in [5.41, 5.74) is -0.387. The molecule has 0 heterocycles. The van der Waals surface area contributed by atoms with Gasteiger partial charge in [0, 0.05) is 16.3 Å². The summed E-state index contributed by atoms with van der Waals surface area (Å²) in [7, 11) is 0. The van der Waals surface area contributed by atoms with Gasteiger partial charge in [-0.1, -0.05) is 50.5 Å². The van der Waals surface area contributed by atoms with E-state index >= 15 is 0 Å². The van der Waals surface area contributed by atoms with Crippen LogP contribution >= 0.6 is 15.9 Å². The minimum Gasteiger partial charge on any atom is -0.349 e. The molecule has 0 aliphatic carbocycles. The van der Waals surface area contributed by atoms with Crippen molar-refractivity contribution in [3.05, 3.63) is 0 Å². The molecule has 3 heteroatoms. The second kappa shape index (κ2) is 5.15. The van der Waals surface area contributed by atoms with Crippen molar-refractivity contribution in [1.82, 2.24) is 5.32 Å². The monoisotopic (exact) mass is 263 g/mol. The van der Waals surface area contributed by atoms with E-state index in [-0.39, 0.29) is 16.9 Å². The highest BCUT2D eigenvalue weighted by molar-refractivity contribution is 9.09. The van der Waals surface area contributed by atoms with E-state index in [1.807, 2.05) is 20.8 Å². The van der Waals surface area contributed by atoms with Crippen LogP contribution < -0.4 is 5.32 Å². The van der Waals surface area contributed by atoms with E-state index in [0.29, 0.717) is 0 Å². The maximum atomic E-state index is 11.8. The van der Waals surface area contributed by atoms with E-state index in [1.54, 1.807) is 0 Å². The van der Waals surface area contributed by atoms with Crippen molar-refractivity contribution in [2.45, 2.75) is 53.0 Å². The van der Waals surface area contributed by atoms with Crippen LogP contribution in [-0.4, -0.2) is 16.8 Å². The molecule has 1 amide bonds. The molecule has 0 aliphatic heterocycles. The number of hydrogen-bond acceptors (Lipinski definition) is 1. The zero-order chi connectivity index (χ0) is 11.4. The summed E-state index contributed by atoms with van der Waals surface area (Å²) in [4.78, 5) is 11.8. The summed E-state index contributed by atoms with van der Waals surface area (Å²) in [6.45, 7) is 10.0. The summed E-state index contributed by atoms with van der Waals surface area (Å²) < 4.78 is 0. The average molecular weight is 264 g/mol. The molecule has 84 valence electrons. The molecular formula is C11H22BrNO. The zero-order valence-corrected chi connectivity index (χ0v) is 11.5. The quantitative estimate of drug-likeness (QED) is 0.777. The normalized spacial score (nSPS) is 12.7. The van der Waals surface area contributed by atoms with Gasteiger partial charge in [-0.25, -0.2) is 0 Å². The lowest BCUT2D eigenvalue weighted by atomic mass is 9.90. The minimum atomic E-state index is -0.308. The topological polar surface area (TPSA) is 29.1 Å². The Balaban J connectivity index is 4.54. The summed E-state index contributed by atoms with van der Waals surface area (Å²) in [6, 6.07) is 0. The van der Waals surface area contributed by atoms with Crippen molar-refractivity contribution in [2.24, 2.45) is 5.41 Å². The van der Waals surface area contributed by atoms with Gasteiger partial charge in [0.25, 0.3) is 0 Å². The number of alkyl halides is 1. The Morgan fingerprint density at radius 3 is 1.86 bits per heavy atom. The second-order valence-corrected chi connectivity index (χ2v) is 5.39. The van der Waals surface area contributed by atoms with Gasteiger partial charge in [-0.3, -0.25) is 4.79 Å². The molecule has 0 saturated carbocycles. The summed E-state index contributed by atoms with van der Waals surface area (Å²) >= 11 is 3.47. The maximum absolute atomic E-state index is 11.8. The van der Waals surface area contributed by atoms with E-state index in [1.165, 1.54) is 0 Å². The van der Waals surface area contributed by atoms with E-state index in [2.05, 4.69) is 35.1 Å². The molecule has 0 saturated heterocycles. The van der Waals surface area contributed by atoms with Crippen LogP contribution in [0.5, 0.6) is 0 Å². The molecule has 0 fully saturated rings. The highest BCUT2D eigenvalue weighted by atomic mass is 79.9. The Kier molecular flexibility index (Phi) is 5.13. The summed E-state index contributed by atoms with van der Waals surface area (Å²) in [5, 5.41) is 3.95. The molecule has 0 spiro atoms. The Hall–Kier alpha value is -0.0500. The van der Waals surface area contributed by atoms with Crippen molar-refractivity contribution >= 4 is 21.8 Å². The maximum Gasteiger partial charge on any atom is 0.225 e. The number of halogens is 1. The first-order valence-electron chi connectivity index (χ1n) is 5.20. The van der Waals surface area contributed by atoms with Crippen LogP contribution in [0.2, 0.25) is 0 Å². The van der Waals surface area contributed by atoms with Gasteiger partial charge in [-0.05, 0) is 12.8 Å². The minimum absolute atomic E-state index is 0.0790. The number of carbonyl (C=O) groups is 1. The summed E-state index contributed by atoms with van der Waals surface area (Å²) in [5.74, 6) is 0.126. The van der Waals surface area contributed by atoms with Crippen LogP contribution in [0.4, 0.5) is 0 Å². The second-order valence-electron chi connectivity index (χ2n) is 4.83. The highest BCUT2D eigenvalue weighted by Gasteiger charge is 2.31. The fourth-order valence-corrected chi connectivity index (χ4v) is 2.01. The number of amides is 1. The molecule has 0 rings (SSSR count). The third-order valence-electron chi connectivity index (χ3n) is 2.67. The molecule has 2 nitrogen and oxygen atoms in total. The lowest BCUT2D eigenvalue weighted by Crippen LogP contribution is -2.52. The third-order valence-corrected chi connectivity index (χ3v) is 3.74. The Bertz CT molecular complexity index is 184. The predicted octanol–water partition coefficient (Wildman–Crippen LogP) is 3.10. The van der Waals surface area contributed by atoms with Crippen molar-refractivity contribution in [1.29, 1.82) is 0 Å². The van der Waals surface area contributed by atoms with Crippen LogP contribution in [0.15, 0.2) is 0 Å². The Labute approximate surface area is 96.0 Å². The first-order valence-corrected chi connectivity index (χ1v) is 6.32. The van der Waals surface area contributed by atoms with Gasteiger partial charge < -0.3 is 5.32 Å². The van der Waals surface area contributed by atoms with Crippen molar-refractivity contribution in [3.63, 3.8) is 0 Å². The van der Waals surface area contributed by atoms with Gasteiger partial charge in [-0.2, -0.15) is 0 Å². The number of rotatable bonds is 4. The lowest BCUT2D eigenvalue weighted by Gasteiger charge is -2.34. The van der Waals surface area contributed by atoms with Crippen LogP contribution in [0.1, 0.15) is 47.5 Å². The molecule has 0 aliphatic rings. The van der Waals surface area contributed by atoms with Gasteiger partial charge in [-0.15, -0.1) is 0 Å². The van der Waals surface area contributed by atoms with Gasteiger partial charge in [0.05, 0.1) is 0 Å². The molecule has 14 heavy (non-hydrogen) atoms. The molecule has 0 radical (unpaired) electrons. The average Bonchev–Trinajstić information content (AvgIpc) is 2.12. The molecular weight excluding hydrogens is 242 g/mol. The van der Waals surface area contributed by atoms with Crippen molar-refractivity contribution < 1.29 is 4.79 Å². The third kappa shape index (κ3) is 3.60. The van der Waals surface area contributed by atoms with Gasteiger partial charge >= 0.3 is 0 Å². The van der Waals surface area contributed by atoms with Crippen LogP contribution in [0.25, 0.3) is 0 Å². The van der Waals surface area contributed by atoms with Crippen molar-refractivity contribution in [2.75, 3.05) is 5.33 Å². The van der Waals surface area contributed by atoms with E-state index in [9.17, 15) is 4.79 Å². The molecule has 0 aromatic carbocycles. The van der Waals surface area contributed by atoms with Crippen LogP contribution in [-0.2, 0) is 4.79 Å². The zero-order valence-electron chi connectivity index (χ0n) is 9.91. The largest absolute Gasteiger partial charge is 0.349 e. The van der Waals surface area contributed by atoms with Gasteiger partial charge in [0.2, 0.25) is 5.91 Å². The number of nitrogens with one attached hydrogen (secondary N) is 1. The van der Waals surface area contributed by atoms with Gasteiger partial charge in [0.15, 0.2) is 0 Å². The Morgan fingerprint density at radius 1 is 1.21 bits per heavy atom. The fraction of sp³-hybridized carbons (Fsp3) is 0.909.